The number of fused-ring (bicyclic) bond motifs is 1. The van der Waals surface area contributed by atoms with E-state index in [0.717, 1.165) is 21.3 Å². The zero-order valence-electron chi connectivity index (χ0n) is 8.26. The molecule has 3 aromatic rings. The Morgan fingerprint density at radius 2 is 2.00 bits per heavy atom. The molecule has 16 heavy (non-hydrogen) atoms. The third-order valence-corrected chi connectivity index (χ3v) is 2.74. The van der Waals surface area contributed by atoms with Gasteiger partial charge in [0.05, 0.1) is 0 Å². The molecular weight excluding hydrogens is 266 g/mol. The van der Waals surface area contributed by atoms with Crippen molar-refractivity contribution in [3.05, 3.63) is 53.4 Å². The lowest BCUT2D eigenvalue weighted by molar-refractivity contribution is 1.05. The van der Waals surface area contributed by atoms with E-state index < -0.39 is 0 Å². The number of para-hydroxylation sites is 1. The van der Waals surface area contributed by atoms with E-state index in [1.165, 1.54) is 0 Å². The Morgan fingerprint density at radius 3 is 2.81 bits per heavy atom. The van der Waals surface area contributed by atoms with E-state index in [-0.39, 0.29) is 0 Å². The fraction of sp³-hybridized carbons (Fsp3) is 0. The van der Waals surface area contributed by atoms with Crippen molar-refractivity contribution in [2.75, 3.05) is 0 Å². The number of hydrogen-bond acceptors (Lipinski definition) is 2. The molecule has 0 saturated heterocycles. The Balaban J connectivity index is 2.26. The molecule has 1 radical (unpaired) electrons. The average Bonchev–Trinajstić information content (AvgIpc) is 2.73. The van der Waals surface area contributed by atoms with Gasteiger partial charge < -0.3 is 0 Å². The number of aromatic nitrogens is 3. The lowest BCUT2D eigenvalue weighted by atomic mass is 10.3. The van der Waals surface area contributed by atoms with Crippen molar-refractivity contribution in [2.45, 2.75) is 0 Å². The Hall–Kier alpha value is -1.68. The van der Waals surface area contributed by atoms with Gasteiger partial charge in [0, 0.05) is 16.4 Å². The quantitative estimate of drug-likeness (QED) is 0.682. The second-order valence-corrected chi connectivity index (χ2v) is 4.29. The fourth-order valence-electron chi connectivity index (χ4n) is 1.58. The van der Waals surface area contributed by atoms with Crippen LogP contribution < -0.4 is 0 Å². The van der Waals surface area contributed by atoms with Crippen molar-refractivity contribution in [3.63, 3.8) is 0 Å². The highest BCUT2D eigenvalue weighted by atomic mass is 79.9. The van der Waals surface area contributed by atoms with Gasteiger partial charge in [-0.1, -0.05) is 18.2 Å². The molecule has 1 aromatic carbocycles. The minimum absolute atomic E-state index is 0.814. The van der Waals surface area contributed by atoms with Gasteiger partial charge in [0.1, 0.15) is 5.52 Å². The molecule has 0 aliphatic heterocycles. The van der Waals surface area contributed by atoms with Crippen molar-refractivity contribution in [1.29, 1.82) is 0 Å². The van der Waals surface area contributed by atoms with Crippen LogP contribution in [0.4, 0.5) is 0 Å². The molecule has 4 heteroatoms. The van der Waals surface area contributed by atoms with E-state index in [9.17, 15) is 0 Å². The lowest BCUT2D eigenvalue weighted by Crippen LogP contribution is -1.93. The maximum atomic E-state index is 4.34. The van der Waals surface area contributed by atoms with Gasteiger partial charge in [-0.15, -0.1) is 0 Å². The standard InChI is InChI=1S/C12H7BrN3/c13-9-6-11-12(14-7-9)16(8-15-11)10-4-2-1-3-5-10/h1-7H. The molecule has 0 fully saturated rings. The Kier molecular flexibility index (Phi) is 2.22. The Bertz CT molecular complexity index is 631. The summed E-state index contributed by atoms with van der Waals surface area (Å²) < 4.78 is 2.77. The first-order valence-electron chi connectivity index (χ1n) is 4.82. The van der Waals surface area contributed by atoms with Crippen LogP contribution in [-0.4, -0.2) is 14.5 Å². The predicted octanol–water partition coefficient (Wildman–Crippen LogP) is 2.98. The predicted molar refractivity (Wildman–Crippen MR) is 65.4 cm³/mol. The smallest absolute Gasteiger partial charge is 0.183 e. The minimum atomic E-state index is 0.814. The first kappa shape index (κ1) is 9.54. The number of pyridine rings is 1. The zero-order chi connectivity index (χ0) is 11.0. The number of benzene rings is 1. The Labute approximate surface area is 101 Å². The largest absolute Gasteiger partial charge is 0.274 e. The summed E-state index contributed by atoms with van der Waals surface area (Å²) in [6.45, 7) is 0. The summed E-state index contributed by atoms with van der Waals surface area (Å²) in [4.78, 5) is 8.54. The molecule has 3 rings (SSSR count). The van der Waals surface area contributed by atoms with Crippen LogP contribution >= 0.6 is 15.9 Å². The molecule has 0 atom stereocenters. The molecule has 0 saturated carbocycles. The number of rotatable bonds is 1. The van der Waals surface area contributed by atoms with Gasteiger partial charge in [-0.25, -0.2) is 9.97 Å². The van der Waals surface area contributed by atoms with Crippen molar-refractivity contribution in [3.8, 4) is 5.69 Å². The van der Waals surface area contributed by atoms with Gasteiger partial charge in [0.25, 0.3) is 0 Å². The molecule has 2 aromatic heterocycles. The van der Waals surface area contributed by atoms with Crippen molar-refractivity contribution in [1.82, 2.24) is 14.5 Å². The average molecular weight is 273 g/mol. The van der Waals surface area contributed by atoms with E-state index in [2.05, 4.69) is 32.2 Å². The highest BCUT2D eigenvalue weighted by Gasteiger charge is 2.06. The summed E-state index contributed by atoms with van der Waals surface area (Å²) in [5.41, 5.74) is 2.66. The lowest BCUT2D eigenvalue weighted by Gasteiger charge is -2.01. The van der Waals surface area contributed by atoms with Crippen LogP contribution in [0.15, 0.2) is 47.1 Å². The van der Waals surface area contributed by atoms with E-state index >= 15 is 0 Å². The maximum Gasteiger partial charge on any atom is 0.183 e. The van der Waals surface area contributed by atoms with Crippen LogP contribution in [0.2, 0.25) is 0 Å². The normalized spacial score (nSPS) is 10.8. The van der Waals surface area contributed by atoms with Crippen LogP contribution in [0.1, 0.15) is 0 Å². The monoisotopic (exact) mass is 272 g/mol. The number of hydrogen-bond donors (Lipinski definition) is 0. The molecule has 0 bridgehead atoms. The van der Waals surface area contributed by atoms with Gasteiger partial charge in [-0.3, -0.25) is 4.57 Å². The van der Waals surface area contributed by atoms with Crippen LogP contribution in [0.25, 0.3) is 16.9 Å². The molecule has 0 unspecified atom stereocenters. The minimum Gasteiger partial charge on any atom is -0.274 e. The fourth-order valence-corrected chi connectivity index (χ4v) is 1.90. The van der Waals surface area contributed by atoms with Crippen molar-refractivity contribution in [2.24, 2.45) is 0 Å². The molecule has 0 amide bonds. The highest BCUT2D eigenvalue weighted by molar-refractivity contribution is 9.10. The van der Waals surface area contributed by atoms with Gasteiger partial charge in [0.15, 0.2) is 12.0 Å². The van der Waals surface area contributed by atoms with E-state index in [1.807, 2.05) is 41.0 Å². The number of halogens is 1. The van der Waals surface area contributed by atoms with Crippen LogP contribution in [0.5, 0.6) is 0 Å². The molecular formula is C12H7BrN3. The summed E-state index contributed by atoms with van der Waals surface area (Å²) in [5, 5.41) is 0. The third-order valence-electron chi connectivity index (χ3n) is 2.31. The summed E-state index contributed by atoms with van der Waals surface area (Å²) in [7, 11) is 0. The number of nitrogens with zero attached hydrogens (tertiary/aromatic N) is 3. The third kappa shape index (κ3) is 1.51. The zero-order valence-corrected chi connectivity index (χ0v) is 9.85. The molecule has 0 aliphatic carbocycles. The first-order valence-corrected chi connectivity index (χ1v) is 5.61. The molecule has 2 heterocycles. The topological polar surface area (TPSA) is 30.7 Å². The van der Waals surface area contributed by atoms with E-state index in [4.69, 9.17) is 0 Å². The van der Waals surface area contributed by atoms with Gasteiger partial charge in [-0.2, -0.15) is 0 Å². The van der Waals surface area contributed by atoms with Gasteiger partial charge >= 0.3 is 0 Å². The van der Waals surface area contributed by atoms with E-state index in [1.54, 1.807) is 6.20 Å². The van der Waals surface area contributed by atoms with Gasteiger partial charge in [0.2, 0.25) is 0 Å². The first-order chi connectivity index (χ1) is 7.84. The Morgan fingerprint density at radius 1 is 1.19 bits per heavy atom. The molecule has 0 aliphatic rings. The summed E-state index contributed by atoms with van der Waals surface area (Å²) in [5.74, 6) is 0. The van der Waals surface area contributed by atoms with Crippen LogP contribution in [-0.2, 0) is 0 Å². The van der Waals surface area contributed by atoms with Crippen molar-refractivity contribution >= 4 is 27.1 Å². The second-order valence-electron chi connectivity index (χ2n) is 3.38. The second kappa shape index (κ2) is 3.72. The van der Waals surface area contributed by atoms with Crippen LogP contribution in [0.3, 0.4) is 0 Å². The van der Waals surface area contributed by atoms with E-state index in [0.29, 0.717) is 0 Å². The molecule has 3 nitrogen and oxygen atoms in total. The van der Waals surface area contributed by atoms with Crippen molar-refractivity contribution < 1.29 is 0 Å². The summed E-state index contributed by atoms with van der Waals surface area (Å²) >= 11 is 3.37. The highest BCUT2D eigenvalue weighted by Crippen LogP contribution is 2.18. The summed E-state index contributed by atoms with van der Waals surface area (Å²) in [6.07, 6.45) is 4.70. The summed E-state index contributed by atoms with van der Waals surface area (Å²) in [6, 6.07) is 11.9. The SMILES string of the molecule is Brc1cnc2c(c1)n[c]n2-c1ccccc1. The molecule has 0 N–H and O–H groups in total. The number of imidazole rings is 1. The maximum absolute atomic E-state index is 4.34. The molecule has 0 spiro atoms. The van der Waals surface area contributed by atoms with Gasteiger partial charge in [-0.05, 0) is 34.1 Å². The van der Waals surface area contributed by atoms with Crippen LogP contribution in [0, 0.1) is 6.33 Å². The molecule has 77 valence electrons.